The van der Waals surface area contributed by atoms with E-state index in [2.05, 4.69) is 16.0 Å². The van der Waals surface area contributed by atoms with Crippen LogP contribution in [0.1, 0.15) is 38.3 Å². The average molecular weight is 307 g/mol. The van der Waals surface area contributed by atoms with Gasteiger partial charge in [-0.1, -0.05) is 26.0 Å². The number of hydrogen-bond donors (Lipinski definition) is 3. The third-order valence-electron chi connectivity index (χ3n) is 3.54. The fraction of sp³-hybridized carbons (Fsp3) is 0.500. The standard InChI is InChI=1S/C16H22FN3O2/c1-10(2)15(11-3-5-12(17)6-4-11)18-9-14(21)20-16(22)19-13-7-8-13/h3-6,10,13,15,18H,7-9H2,1-2H3,(H2,19,20,21,22)/t15-/m0/s1. The lowest BCUT2D eigenvalue weighted by atomic mass is 9.96. The first-order valence-electron chi connectivity index (χ1n) is 7.55. The summed E-state index contributed by atoms with van der Waals surface area (Å²) in [7, 11) is 0. The minimum absolute atomic E-state index is 0.0261. The maximum absolute atomic E-state index is 13.0. The molecule has 1 aliphatic rings. The molecule has 0 bridgehead atoms. The molecule has 0 spiro atoms. The van der Waals surface area contributed by atoms with E-state index in [0.717, 1.165) is 18.4 Å². The molecule has 1 saturated carbocycles. The molecule has 1 fully saturated rings. The van der Waals surface area contributed by atoms with E-state index in [0.29, 0.717) is 0 Å². The van der Waals surface area contributed by atoms with Crippen LogP contribution in [0.25, 0.3) is 0 Å². The number of urea groups is 1. The van der Waals surface area contributed by atoms with Crippen LogP contribution < -0.4 is 16.0 Å². The quantitative estimate of drug-likeness (QED) is 0.754. The number of imide groups is 1. The normalized spacial score (nSPS) is 15.5. The van der Waals surface area contributed by atoms with Crippen molar-refractivity contribution < 1.29 is 14.0 Å². The van der Waals surface area contributed by atoms with E-state index in [1.807, 2.05) is 13.8 Å². The van der Waals surface area contributed by atoms with E-state index >= 15 is 0 Å². The van der Waals surface area contributed by atoms with E-state index in [-0.39, 0.29) is 36.3 Å². The van der Waals surface area contributed by atoms with E-state index in [9.17, 15) is 14.0 Å². The topological polar surface area (TPSA) is 70.2 Å². The van der Waals surface area contributed by atoms with Gasteiger partial charge < -0.3 is 10.6 Å². The summed E-state index contributed by atoms with van der Waals surface area (Å²) in [5, 5.41) is 8.10. The van der Waals surface area contributed by atoms with Crippen molar-refractivity contribution in [2.24, 2.45) is 5.92 Å². The minimum atomic E-state index is -0.447. The first-order chi connectivity index (χ1) is 10.5. The van der Waals surface area contributed by atoms with Crippen molar-refractivity contribution in [2.45, 2.75) is 38.8 Å². The summed E-state index contributed by atoms with van der Waals surface area (Å²) in [5.41, 5.74) is 0.909. The number of carbonyl (C=O) groups is 2. The van der Waals surface area contributed by atoms with Gasteiger partial charge in [0, 0.05) is 12.1 Å². The highest BCUT2D eigenvalue weighted by atomic mass is 19.1. The lowest BCUT2D eigenvalue weighted by Crippen LogP contribution is -2.45. The highest BCUT2D eigenvalue weighted by Crippen LogP contribution is 2.21. The van der Waals surface area contributed by atoms with Crippen molar-refractivity contribution in [1.29, 1.82) is 0 Å². The third-order valence-corrected chi connectivity index (χ3v) is 3.54. The lowest BCUT2D eigenvalue weighted by molar-refractivity contribution is -0.119. The van der Waals surface area contributed by atoms with Crippen molar-refractivity contribution in [1.82, 2.24) is 16.0 Å². The van der Waals surface area contributed by atoms with Gasteiger partial charge in [-0.3, -0.25) is 10.1 Å². The Morgan fingerprint density at radius 3 is 2.41 bits per heavy atom. The third kappa shape index (κ3) is 5.11. The predicted octanol–water partition coefficient (Wildman–Crippen LogP) is 2.10. The molecular weight excluding hydrogens is 285 g/mol. The number of amides is 3. The smallest absolute Gasteiger partial charge is 0.321 e. The summed E-state index contributed by atoms with van der Waals surface area (Å²) in [6.45, 7) is 4.05. The zero-order valence-corrected chi connectivity index (χ0v) is 12.9. The Morgan fingerprint density at radius 2 is 1.86 bits per heavy atom. The second-order valence-electron chi connectivity index (χ2n) is 5.95. The molecule has 0 aliphatic heterocycles. The molecular formula is C16H22FN3O2. The maximum atomic E-state index is 13.0. The summed E-state index contributed by atoms with van der Waals surface area (Å²) in [6.07, 6.45) is 1.94. The van der Waals surface area contributed by atoms with Crippen molar-refractivity contribution in [3.8, 4) is 0 Å². The van der Waals surface area contributed by atoms with Crippen LogP contribution >= 0.6 is 0 Å². The number of halogens is 1. The van der Waals surface area contributed by atoms with Gasteiger partial charge >= 0.3 is 6.03 Å². The van der Waals surface area contributed by atoms with Crippen LogP contribution in [0.3, 0.4) is 0 Å². The fourth-order valence-electron chi connectivity index (χ4n) is 2.23. The molecule has 1 aromatic rings. The first kappa shape index (κ1) is 16.4. The molecule has 1 aliphatic carbocycles. The predicted molar refractivity (Wildman–Crippen MR) is 81.7 cm³/mol. The molecule has 22 heavy (non-hydrogen) atoms. The Balaban J connectivity index is 1.84. The van der Waals surface area contributed by atoms with Gasteiger partial charge in [-0.25, -0.2) is 9.18 Å². The van der Waals surface area contributed by atoms with Gasteiger partial charge in [0.05, 0.1) is 6.54 Å². The van der Waals surface area contributed by atoms with Crippen LogP contribution in [0, 0.1) is 11.7 Å². The molecule has 120 valence electrons. The molecule has 5 nitrogen and oxygen atoms in total. The highest BCUT2D eigenvalue weighted by molar-refractivity contribution is 5.95. The fourth-order valence-corrected chi connectivity index (χ4v) is 2.23. The molecule has 1 aromatic carbocycles. The molecule has 0 saturated heterocycles. The number of nitrogens with one attached hydrogen (secondary N) is 3. The number of hydrogen-bond acceptors (Lipinski definition) is 3. The van der Waals surface area contributed by atoms with Crippen molar-refractivity contribution >= 4 is 11.9 Å². The first-order valence-corrected chi connectivity index (χ1v) is 7.55. The molecule has 3 amide bonds. The van der Waals surface area contributed by atoms with E-state index in [4.69, 9.17) is 0 Å². The summed E-state index contributed by atoms with van der Waals surface area (Å²) >= 11 is 0. The van der Waals surface area contributed by atoms with E-state index in [1.54, 1.807) is 12.1 Å². The van der Waals surface area contributed by atoms with Gasteiger partial charge in [0.2, 0.25) is 5.91 Å². The van der Waals surface area contributed by atoms with Crippen LogP contribution in [0.5, 0.6) is 0 Å². The van der Waals surface area contributed by atoms with E-state index < -0.39 is 6.03 Å². The number of carbonyl (C=O) groups excluding carboxylic acids is 2. The monoisotopic (exact) mass is 307 g/mol. The van der Waals surface area contributed by atoms with Gasteiger partial charge in [0.25, 0.3) is 0 Å². The second kappa shape index (κ2) is 7.35. The SMILES string of the molecule is CC(C)[C@H](NCC(=O)NC(=O)NC1CC1)c1ccc(F)cc1. The molecule has 0 aromatic heterocycles. The van der Waals surface area contributed by atoms with Crippen LogP contribution in [-0.4, -0.2) is 24.5 Å². The Bertz CT molecular complexity index is 527. The number of benzene rings is 1. The largest absolute Gasteiger partial charge is 0.335 e. The Kier molecular flexibility index (Phi) is 5.49. The Labute approximate surface area is 129 Å². The van der Waals surface area contributed by atoms with E-state index in [1.165, 1.54) is 12.1 Å². The Morgan fingerprint density at radius 1 is 1.23 bits per heavy atom. The Hall–Kier alpha value is -1.95. The van der Waals surface area contributed by atoms with Crippen LogP contribution in [0.4, 0.5) is 9.18 Å². The van der Waals surface area contributed by atoms with Crippen LogP contribution in [0.2, 0.25) is 0 Å². The molecule has 1 atom stereocenters. The highest BCUT2D eigenvalue weighted by Gasteiger charge is 2.24. The van der Waals surface area contributed by atoms with Gasteiger partial charge in [-0.2, -0.15) is 0 Å². The molecule has 0 heterocycles. The molecule has 0 radical (unpaired) electrons. The van der Waals surface area contributed by atoms with Crippen molar-refractivity contribution in [2.75, 3.05) is 6.54 Å². The lowest BCUT2D eigenvalue weighted by Gasteiger charge is -2.22. The summed E-state index contributed by atoms with van der Waals surface area (Å²) in [5.74, 6) is -0.454. The molecule has 2 rings (SSSR count). The van der Waals surface area contributed by atoms with Crippen LogP contribution in [0.15, 0.2) is 24.3 Å². The average Bonchev–Trinajstić information content (AvgIpc) is 3.24. The van der Waals surface area contributed by atoms with Gasteiger partial charge in [-0.15, -0.1) is 0 Å². The van der Waals surface area contributed by atoms with Crippen molar-refractivity contribution in [3.63, 3.8) is 0 Å². The van der Waals surface area contributed by atoms with Gasteiger partial charge in [-0.05, 0) is 36.5 Å². The second-order valence-corrected chi connectivity index (χ2v) is 5.95. The minimum Gasteiger partial charge on any atom is -0.335 e. The molecule has 6 heteroatoms. The summed E-state index contributed by atoms with van der Waals surface area (Å²) < 4.78 is 13.0. The summed E-state index contributed by atoms with van der Waals surface area (Å²) in [6, 6.07) is 5.87. The summed E-state index contributed by atoms with van der Waals surface area (Å²) in [4.78, 5) is 23.3. The number of rotatable bonds is 6. The van der Waals surface area contributed by atoms with Gasteiger partial charge in [0.1, 0.15) is 5.82 Å². The zero-order valence-electron chi connectivity index (χ0n) is 12.9. The van der Waals surface area contributed by atoms with Crippen molar-refractivity contribution in [3.05, 3.63) is 35.6 Å². The van der Waals surface area contributed by atoms with Gasteiger partial charge in [0.15, 0.2) is 0 Å². The zero-order chi connectivity index (χ0) is 16.1. The molecule has 0 unspecified atom stereocenters. The van der Waals surface area contributed by atoms with Crippen LogP contribution in [-0.2, 0) is 4.79 Å². The maximum Gasteiger partial charge on any atom is 0.321 e. The molecule has 3 N–H and O–H groups in total.